The number of nitrogens with one attached hydrogen (secondary N) is 4. The van der Waals surface area contributed by atoms with Crippen LogP contribution in [0.5, 0.6) is 0 Å². The SMILES string of the molecule is O=C1CCC(Nc2cc(F)cc(NC(=O)CN3CCNC[C@H]3C(F)(F)F)c2)C(=O)N1. The van der Waals surface area contributed by atoms with Crippen molar-refractivity contribution in [3.05, 3.63) is 24.0 Å². The number of amides is 3. The number of halogens is 4. The summed E-state index contributed by atoms with van der Waals surface area (Å²) in [5.41, 5.74) is 0.226. The summed E-state index contributed by atoms with van der Waals surface area (Å²) in [6.07, 6.45) is -4.12. The van der Waals surface area contributed by atoms with Gasteiger partial charge in [-0.2, -0.15) is 13.2 Å². The number of carbonyl (C=O) groups excluding carboxylic acids is 3. The molecule has 0 bridgehead atoms. The van der Waals surface area contributed by atoms with E-state index in [0.717, 1.165) is 17.0 Å². The lowest BCUT2D eigenvalue weighted by Crippen LogP contribution is -2.59. The third-order valence-corrected chi connectivity index (χ3v) is 4.84. The molecule has 4 N–H and O–H groups in total. The van der Waals surface area contributed by atoms with Crippen molar-refractivity contribution in [2.24, 2.45) is 0 Å². The van der Waals surface area contributed by atoms with Crippen LogP contribution in [0.2, 0.25) is 0 Å². The topological polar surface area (TPSA) is 103 Å². The fourth-order valence-electron chi connectivity index (χ4n) is 3.42. The first-order valence-corrected chi connectivity index (χ1v) is 9.34. The zero-order valence-electron chi connectivity index (χ0n) is 15.8. The van der Waals surface area contributed by atoms with Crippen LogP contribution in [0, 0.1) is 5.82 Å². The second-order valence-electron chi connectivity index (χ2n) is 7.16. The number of anilines is 2. The molecule has 3 amide bonds. The first-order chi connectivity index (χ1) is 14.1. The van der Waals surface area contributed by atoms with Gasteiger partial charge >= 0.3 is 6.18 Å². The molecule has 2 saturated heterocycles. The Morgan fingerprint density at radius 1 is 1.20 bits per heavy atom. The Labute approximate surface area is 169 Å². The van der Waals surface area contributed by atoms with Crippen LogP contribution in [0.4, 0.5) is 28.9 Å². The maximum atomic E-state index is 14.0. The summed E-state index contributed by atoms with van der Waals surface area (Å²) >= 11 is 0. The number of nitrogens with zero attached hydrogens (tertiary/aromatic N) is 1. The Balaban J connectivity index is 1.64. The van der Waals surface area contributed by atoms with Crippen molar-refractivity contribution < 1.29 is 31.9 Å². The molecule has 2 aliphatic heterocycles. The second-order valence-corrected chi connectivity index (χ2v) is 7.16. The van der Waals surface area contributed by atoms with E-state index in [1.807, 2.05) is 0 Å². The molecular formula is C18H21F4N5O3. The molecule has 0 radical (unpaired) electrons. The highest BCUT2D eigenvalue weighted by molar-refractivity contribution is 6.01. The summed E-state index contributed by atoms with van der Waals surface area (Å²) in [6, 6.07) is 0.960. The Morgan fingerprint density at radius 3 is 2.63 bits per heavy atom. The van der Waals surface area contributed by atoms with Crippen molar-refractivity contribution in [2.45, 2.75) is 31.1 Å². The maximum absolute atomic E-state index is 14.0. The first kappa shape index (κ1) is 22.0. The summed E-state index contributed by atoms with van der Waals surface area (Å²) in [7, 11) is 0. The molecule has 1 aromatic carbocycles. The smallest absolute Gasteiger partial charge is 0.374 e. The van der Waals surface area contributed by atoms with Crippen LogP contribution in [0.15, 0.2) is 18.2 Å². The molecule has 0 saturated carbocycles. The molecule has 12 heteroatoms. The number of piperidine rings is 1. The Hall–Kier alpha value is -2.73. The molecule has 0 spiro atoms. The van der Waals surface area contributed by atoms with E-state index in [1.165, 1.54) is 6.07 Å². The van der Waals surface area contributed by atoms with Gasteiger partial charge in [0.05, 0.1) is 6.54 Å². The quantitative estimate of drug-likeness (QED) is 0.407. The molecule has 3 rings (SSSR count). The Bertz CT molecular complexity index is 833. The third kappa shape index (κ3) is 5.66. The summed E-state index contributed by atoms with van der Waals surface area (Å²) in [6.45, 7) is -0.446. The highest BCUT2D eigenvalue weighted by Gasteiger charge is 2.45. The van der Waals surface area contributed by atoms with Crippen LogP contribution in [0.3, 0.4) is 0 Å². The van der Waals surface area contributed by atoms with Crippen molar-refractivity contribution in [2.75, 3.05) is 36.8 Å². The van der Waals surface area contributed by atoms with Crippen LogP contribution in [-0.2, 0) is 14.4 Å². The molecular weight excluding hydrogens is 410 g/mol. The van der Waals surface area contributed by atoms with Crippen LogP contribution < -0.4 is 21.3 Å². The van der Waals surface area contributed by atoms with Gasteiger partial charge in [0.15, 0.2) is 0 Å². The minimum absolute atomic E-state index is 0.0356. The average molecular weight is 431 g/mol. The van der Waals surface area contributed by atoms with E-state index in [9.17, 15) is 31.9 Å². The number of rotatable bonds is 5. The van der Waals surface area contributed by atoms with Gasteiger partial charge in [-0.3, -0.25) is 24.6 Å². The monoisotopic (exact) mass is 431 g/mol. The number of hydrogen-bond donors (Lipinski definition) is 4. The fourth-order valence-corrected chi connectivity index (χ4v) is 3.42. The van der Waals surface area contributed by atoms with E-state index in [-0.39, 0.29) is 37.3 Å². The predicted octanol–water partition coefficient (Wildman–Crippen LogP) is 0.817. The number of hydrogen-bond acceptors (Lipinski definition) is 6. The number of alkyl halides is 3. The van der Waals surface area contributed by atoms with Crippen molar-refractivity contribution in [1.29, 1.82) is 0 Å². The zero-order valence-corrected chi connectivity index (χ0v) is 15.8. The van der Waals surface area contributed by atoms with Gasteiger partial charge in [0.25, 0.3) is 0 Å². The molecule has 1 aromatic rings. The molecule has 2 fully saturated rings. The van der Waals surface area contributed by atoms with E-state index >= 15 is 0 Å². The number of benzene rings is 1. The molecule has 8 nitrogen and oxygen atoms in total. The standard InChI is InChI=1S/C18H21F4N5O3/c19-10-5-11(24-13-1-2-15(28)26-17(13)30)7-12(6-10)25-16(29)9-27-4-3-23-8-14(27)18(20,21)22/h5-7,13-14,23-24H,1-4,8-9H2,(H,25,29)(H,26,28,30)/t13?,14-/m0/s1. The molecule has 164 valence electrons. The van der Waals surface area contributed by atoms with Crippen molar-refractivity contribution in [3.8, 4) is 0 Å². The number of imide groups is 1. The summed E-state index contributed by atoms with van der Waals surface area (Å²) < 4.78 is 53.3. The van der Waals surface area contributed by atoms with E-state index in [0.29, 0.717) is 6.54 Å². The molecule has 2 atom stereocenters. The molecule has 2 aliphatic rings. The van der Waals surface area contributed by atoms with Crippen molar-refractivity contribution >= 4 is 29.1 Å². The van der Waals surface area contributed by atoms with Crippen LogP contribution in [0.1, 0.15) is 12.8 Å². The Morgan fingerprint density at radius 2 is 1.93 bits per heavy atom. The van der Waals surface area contributed by atoms with Crippen LogP contribution >= 0.6 is 0 Å². The Kier molecular flexibility index (Phi) is 6.56. The maximum Gasteiger partial charge on any atom is 0.405 e. The largest absolute Gasteiger partial charge is 0.405 e. The van der Waals surface area contributed by atoms with Gasteiger partial charge in [0, 0.05) is 37.4 Å². The minimum atomic E-state index is -4.48. The normalized spacial score (nSPS) is 23.1. The van der Waals surface area contributed by atoms with Gasteiger partial charge in [0.1, 0.15) is 17.9 Å². The molecule has 0 aliphatic carbocycles. The summed E-state index contributed by atoms with van der Waals surface area (Å²) in [5, 5.41) is 10.0. The first-order valence-electron chi connectivity index (χ1n) is 9.34. The van der Waals surface area contributed by atoms with Gasteiger partial charge < -0.3 is 16.0 Å². The van der Waals surface area contributed by atoms with E-state index in [2.05, 4.69) is 21.3 Å². The second kappa shape index (κ2) is 8.96. The lowest BCUT2D eigenvalue weighted by atomic mass is 10.1. The predicted molar refractivity (Wildman–Crippen MR) is 99.1 cm³/mol. The lowest BCUT2D eigenvalue weighted by molar-refractivity contribution is -0.187. The molecule has 0 aromatic heterocycles. The third-order valence-electron chi connectivity index (χ3n) is 4.84. The zero-order chi connectivity index (χ0) is 21.9. The van der Waals surface area contributed by atoms with Crippen LogP contribution in [0.25, 0.3) is 0 Å². The number of piperazine rings is 1. The van der Waals surface area contributed by atoms with Crippen molar-refractivity contribution in [3.63, 3.8) is 0 Å². The number of carbonyl (C=O) groups is 3. The van der Waals surface area contributed by atoms with Crippen molar-refractivity contribution in [1.82, 2.24) is 15.5 Å². The van der Waals surface area contributed by atoms with E-state index in [1.54, 1.807) is 0 Å². The van der Waals surface area contributed by atoms with Gasteiger partial charge in [-0.1, -0.05) is 0 Å². The summed E-state index contributed by atoms with van der Waals surface area (Å²) in [4.78, 5) is 36.3. The summed E-state index contributed by atoms with van der Waals surface area (Å²) in [5.74, 6) is -2.37. The van der Waals surface area contributed by atoms with Gasteiger partial charge in [0.2, 0.25) is 17.7 Å². The fraction of sp³-hybridized carbons (Fsp3) is 0.500. The highest BCUT2D eigenvalue weighted by Crippen LogP contribution is 2.26. The van der Waals surface area contributed by atoms with Gasteiger partial charge in [-0.15, -0.1) is 0 Å². The average Bonchev–Trinajstić information content (AvgIpc) is 2.63. The van der Waals surface area contributed by atoms with Crippen LogP contribution in [-0.4, -0.2) is 67.1 Å². The van der Waals surface area contributed by atoms with Gasteiger partial charge in [-0.05, 0) is 24.6 Å². The minimum Gasteiger partial charge on any atom is -0.374 e. The molecule has 1 unspecified atom stereocenters. The molecule has 30 heavy (non-hydrogen) atoms. The van der Waals surface area contributed by atoms with E-state index in [4.69, 9.17) is 0 Å². The van der Waals surface area contributed by atoms with Gasteiger partial charge in [-0.25, -0.2) is 4.39 Å². The molecule has 2 heterocycles. The van der Waals surface area contributed by atoms with E-state index < -0.39 is 48.3 Å². The lowest BCUT2D eigenvalue weighted by Gasteiger charge is -2.36. The highest BCUT2D eigenvalue weighted by atomic mass is 19.4.